The van der Waals surface area contributed by atoms with Gasteiger partial charge in [0.2, 0.25) is 0 Å². The van der Waals surface area contributed by atoms with Crippen LogP contribution in [0.3, 0.4) is 0 Å². The van der Waals surface area contributed by atoms with Crippen molar-refractivity contribution in [2.24, 2.45) is 5.10 Å². The monoisotopic (exact) mass is 423 g/mol. The minimum absolute atomic E-state index is 0.127. The van der Waals surface area contributed by atoms with Crippen molar-refractivity contribution in [3.05, 3.63) is 53.1 Å². The molecule has 0 aliphatic carbocycles. The van der Waals surface area contributed by atoms with E-state index in [0.29, 0.717) is 18.1 Å². The number of hydrazone groups is 1. The van der Waals surface area contributed by atoms with Crippen LogP contribution in [0, 0.1) is 23.3 Å². The normalized spacial score (nSPS) is 18.5. The number of aromatic nitrogens is 1. The van der Waals surface area contributed by atoms with Crippen molar-refractivity contribution in [3.63, 3.8) is 0 Å². The van der Waals surface area contributed by atoms with E-state index in [9.17, 15) is 22.4 Å². The molecule has 1 N–H and O–H groups in total. The van der Waals surface area contributed by atoms with E-state index >= 15 is 0 Å². The summed E-state index contributed by atoms with van der Waals surface area (Å²) < 4.78 is 59.9. The average Bonchev–Trinajstić information content (AvgIpc) is 3.14. The molecule has 2 aliphatic rings. The highest BCUT2D eigenvalue weighted by atomic mass is 19.1. The van der Waals surface area contributed by atoms with Gasteiger partial charge in [0.15, 0.2) is 17.5 Å². The molecule has 0 radical (unpaired) electrons. The Kier molecular flexibility index (Phi) is 5.18. The van der Waals surface area contributed by atoms with Crippen LogP contribution in [0.25, 0.3) is 0 Å². The second-order valence-electron chi connectivity index (χ2n) is 6.88. The Labute approximate surface area is 168 Å². The second kappa shape index (κ2) is 7.81. The van der Waals surface area contributed by atoms with Crippen LogP contribution in [0.4, 0.5) is 28.2 Å². The van der Waals surface area contributed by atoms with Gasteiger partial charge >= 0.3 is 6.03 Å². The summed E-state index contributed by atoms with van der Waals surface area (Å²) >= 11 is 0. The number of benzene rings is 1. The van der Waals surface area contributed by atoms with Gasteiger partial charge in [-0.2, -0.15) is 10.1 Å². The summed E-state index contributed by atoms with van der Waals surface area (Å²) in [5.41, 5.74) is 0.295. The Bertz CT molecular complexity index is 992. The number of hydrogen-bond acceptors (Lipinski definition) is 5. The van der Waals surface area contributed by atoms with Crippen LogP contribution >= 0.6 is 0 Å². The average molecular weight is 423 g/mol. The van der Waals surface area contributed by atoms with Gasteiger partial charge < -0.3 is 15.0 Å². The Hall–Kier alpha value is -3.37. The third-order valence-electron chi connectivity index (χ3n) is 4.83. The minimum Gasteiger partial charge on any atom is -0.468 e. The highest BCUT2D eigenvalue weighted by molar-refractivity contribution is 5.79. The van der Waals surface area contributed by atoms with Gasteiger partial charge in [-0.3, -0.25) is 0 Å². The molecule has 2 aliphatic heterocycles. The SMILES string of the molecule is CNc1nc(OC2CN(C(=O)N3N=CCC3c3cc(F)cc(F)c3)C2)c(F)cc1F. The number of likely N-dealkylation sites (tertiary alicyclic amines) is 1. The minimum atomic E-state index is -0.950. The fraction of sp³-hybridized carbons (Fsp3) is 0.316. The number of nitrogens with one attached hydrogen (secondary N) is 1. The van der Waals surface area contributed by atoms with Gasteiger partial charge in [-0.25, -0.2) is 27.4 Å². The van der Waals surface area contributed by atoms with Crippen molar-refractivity contribution in [2.75, 3.05) is 25.5 Å². The van der Waals surface area contributed by atoms with Crippen molar-refractivity contribution in [1.29, 1.82) is 0 Å². The van der Waals surface area contributed by atoms with E-state index in [4.69, 9.17) is 4.74 Å². The predicted molar refractivity (Wildman–Crippen MR) is 99.1 cm³/mol. The zero-order valence-electron chi connectivity index (χ0n) is 15.8. The van der Waals surface area contributed by atoms with Crippen molar-refractivity contribution in [3.8, 4) is 5.88 Å². The van der Waals surface area contributed by atoms with E-state index in [1.807, 2.05) is 0 Å². The molecule has 4 rings (SSSR count). The molecule has 3 heterocycles. The van der Waals surface area contributed by atoms with Gasteiger partial charge in [0.1, 0.15) is 17.7 Å². The van der Waals surface area contributed by atoms with Gasteiger partial charge in [-0.15, -0.1) is 0 Å². The van der Waals surface area contributed by atoms with E-state index in [0.717, 1.165) is 23.2 Å². The van der Waals surface area contributed by atoms with Crippen molar-refractivity contribution < 1.29 is 27.1 Å². The molecule has 158 valence electrons. The Balaban J connectivity index is 1.40. The van der Waals surface area contributed by atoms with Gasteiger partial charge in [-0.05, 0) is 17.7 Å². The molecule has 0 saturated carbocycles. The molecule has 11 heteroatoms. The molecule has 2 amide bonds. The lowest BCUT2D eigenvalue weighted by Gasteiger charge is -2.40. The second-order valence-corrected chi connectivity index (χ2v) is 6.88. The van der Waals surface area contributed by atoms with Crippen molar-refractivity contribution in [1.82, 2.24) is 14.9 Å². The number of carbonyl (C=O) groups excluding carboxylic acids is 1. The zero-order chi connectivity index (χ0) is 21.4. The predicted octanol–water partition coefficient (Wildman–Crippen LogP) is 3.30. The van der Waals surface area contributed by atoms with Crippen LogP contribution in [0.2, 0.25) is 0 Å². The molecule has 7 nitrogen and oxygen atoms in total. The first-order valence-corrected chi connectivity index (χ1v) is 9.12. The molecular weight excluding hydrogens is 406 g/mol. The standard InChI is InChI=1S/C19H17F4N5O2/c1-24-17-14(22)7-15(23)18(26-17)30-13-8-27(9-13)19(29)28-16(2-3-25-28)10-4-11(20)6-12(21)5-10/h3-7,13,16H,2,8-9H2,1H3,(H,24,26). The fourth-order valence-electron chi connectivity index (χ4n) is 3.32. The van der Waals surface area contributed by atoms with Crippen molar-refractivity contribution in [2.45, 2.75) is 18.6 Å². The van der Waals surface area contributed by atoms with Crippen LogP contribution in [0.15, 0.2) is 29.4 Å². The molecule has 1 unspecified atom stereocenters. The zero-order valence-corrected chi connectivity index (χ0v) is 15.8. The number of ether oxygens (including phenoxy) is 1. The lowest BCUT2D eigenvalue weighted by atomic mass is 10.0. The van der Waals surface area contributed by atoms with Crippen LogP contribution in [-0.4, -0.2) is 53.4 Å². The summed E-state index contributed by atoms with van der Waals surface area (Å²) in [6.45, 7) is 0.255. The van der Waals surface area contributed by atoms with Crippen molar-refractivity contribution >= 4 is 18.1 Å². The summed E-state index contributed by atoms with van der Waals surface area (Å²) in [5, 5.41) is 7.66. The van der Waals surface area contributed by atoms with E-state index in [1.54, 1.807) is 0 Å². The topological polar surface area (TPSA) is 70.1 Å². The molecule has 1 atom stereocenters. The van der Waals surface area contributed by atoms with Gasteiger partial charge in [0, 0.05) is 31.8 Å². The van der Waals surface area contributed by atoms with Gasteiger partial charge in [0.05, 0.1) is 19.1 Å². The lowest BCUT2D eigenvalue weighted by molar-refractivity contribution is 0.0230. The number of pyridine rings is 1. The fourth-order valence-corrected chi connectivity index (χ4v) is 3.32. The molecule has 1 aromatic carbocycles. The smallest absolute Gasteiger partial charge is 0.341 e. The summed E-state index contributed by atoms with van der Waals surface area (Å²) in [5.74, 6) is -3.80. The number of amides is 2. The van der Waals surface area contributed by atoms with Crippen LogP contribution in [-0.2, 0) is 0 Å². The first-order valence-electron chi connectivity index (χ1n) is 9.12. The maximum atomic E-state index is 13.9. The highest BCUT2D eigenvalue weighted by Crippen LogP contribution is 2.32. The first kappa shape index (κ1) is 19.9. The van der Waals surface area contributed by atoms with E-state index < -0.39 is 41.4 Å². The number of rotatable bonds is 4. The first-order chi connectivity index (χ1) is 14.4. The van der Waals surface area contributed by atoms with Gasteiger partial charge in [0.25, 0.3) is 5.88 Å². The Morgan fingerprint density at radius 3 is 2.47 bits per heavy atom. The largest absolute Gasteiger partial charge is 0.468 e. The Morgan fingerprint density at radius 2 is 1.80 bits per heavy atom. The van der Waals surface area contributed by atoms with Crippen LogP contribution < -0.4 is 10.1 Å². The Morgan fingerprint density at radius 1 is 1.10 bits per heavy atom. The summed E-state index contributed by atoms with van der Waals surface area (Å²) in [7, 11) is 1.44. The molecule has 0 bridgehead atoms. The molecule has 1 aromatic heterocycles. The molecule has 1 fully saturated rings. The molecule has 1 saturated heterocycles. The summed E-state index contributed by atoms with van der Waals surface area (Å²) in [6.07, 6.45) is 1.28. The summed E-state index contributed by atoms with van der Waals surface area (Å²) in [4.78, 5) is 17.9. The number of carbonyl (C=O) groups is 1. The third-order valence-corrected chi connectivity index (χ3v) is 4.83. The quantitative estimate of drug-likeness (QED) is 0.767. The lowest BCUT2D eigenvalue weighted by Crippen LogP contribution is -2.59. The molecular formula is C19H17F4N5O2. The maximum absolute atomic E-state index is 13.9. The summed E-state index contributed by atoms with van der Waals surface area (Å²) in [6, 6.07) is 2.64. The van der Waals surface area contributed by atoms with E-state index in [1.165, 1.54) is 18.2 Å². The van der Waals surface area contributed by atoms with Gasteiger partial charge in [-0.1, -0.05) is 0 Å². The number of hydrogen-bond donors (Lipinski definition) is 1. The van der Waals surface area contributed by atoms with Crippen LogP contribution in [0.5, 0.6) is 5.88 Å². The number of anilines is 1. The van der Waals surface area contributed by atoms with E-state index in [-0.39, 0.29) is 24.8 Å². The molecule has 2 aromatic rings. The van der Waals surface area contributed by atoms with Crippen LogP contribution in [0.1, 0.15) is 18.0 Å². The van der Waals surface area contributed by atoms with E-state index in [2.05, 4.69) is 15.4 Å². The maximum Gasteiger partial charge on any atom is 0.341 e. The molecule has 0 spiro atoms. The number of halogens is 4. The third kappa shape index (κ3) is 3.74. The molecule has 30 heavy (non-hydrogen) atoms. The number of urea groups is 1. The highest BCUT2D eigenvalue weighted by Gasteiger charge is 2.39. The number of nitrogens with zero attached hydrogens (tertiary/aromatic N) is 4.